The van der Waals surface area contributed by atoms with Crippen molar-refractivity contribution in [2.24, 2.45) is 0 Å². The van der Waals surface area contributed by atoms with E-state index < -0.39 is 0 Å². The summed E-state index contributed by atoms with van der Waals surface area (Å²) in [5.41, 5.74) is 7.78. The van der Waals surface area contributed by atoms with E-state index in [2.05, 4.69) is 0 Å². The maximum Gasteiger partial charge on any atom is 0.274 e. The molecule has 1 aliphatic heterocycles. The van der Waals surface area contributed by atoms with Crippen molar-refractivity contribution in [1.29, 1.82) is 0 Å². The first-order valence-corrected chi connectivity index (χ1v) is 7.15. The van der Waals surface area contributed by atoms with Crippen LogP contribution in [0.15, 0.2) is 35.1 Å². The van der Waals surface area contributed by atoms with Crippen molar-refractivity contribution in [1.82, 2.24) is 4.57 Å². The van der Waals surface area contributed by atoms with Gasteiger partial charge >= 0.3 is 0 Å². The molecule has 5 heteroatoms. The number of anilines is 1. The first-order valence-electron chi connectivity index (χ1n) is 7.15. The molecule has 21 heavy (non-hydrogen) atoms. The third kappa shape index (κ3) is 2.05. The van der Waals surface area contributed by atoms with Crippen LogP contribution in [0, 0.1) is 0 Å². The number of pyridine rings is 1. The topological polar surface area (TPSA) is 66.5 Å². The number of aromatic nitrogens is 1. The zero-order valence-electron chi connectivity index (χ0n) is 11.5. The van der Waals surface area contributed by atoms with Gasteiger partial charge in [-0.3, -0.25) is 4.79 Å². The number of fused-ring (bicyclic) bond motifs is 1. The lowest BCUT2D eigenvalue weighted by atomic mass is 10.1. The van der Waals surface area contributed by atoms with Gasteiger partial charge in [0.2, 0.25) is 0 Å². The number of nitrogens with zero attached hydrogens (tertiary/aromatic N) is 1. The number of rotatable bonds is 2. The summed E-state index contributed by atoms with van der Waals surface area (Å²) >= 11 is 0. The van der Waals surface area contributed by atoms with Crippen LogP contribution in [-0.4, -0.2) is 17.8 Å². The Morgan fingerprint density at radius 2 is 1.81 bits per heavy atom. The number of nitrogens with two attached hydrogens (primary N) is 1. The van der Waals surface area contributed by atoms with Gasteiger partial charge in [0.15, 0.2) is 11.5 Å². The van der Waals surface area contributed by atoms with E-state index in [0.29, 0.717) is 18.9 Å². The van der Waals surface area contributed by atoms with Crippen LogP contribution in [-0.2, 0) is 0 Å². The standard InChI is InChI=1S/C16H16N2O3/c17-12-4-5-13(18(16(12)19)11-2-3-11)10-1-6-14-15(9-10)21-8-7-20-14/h1,4-6,9,11H,2-3,7-8,17H2. The molecule has 0 amide bonds. The highest BCUT2D eigenvalue weighted by atomic mass is 16.6. The zero-order chi connectivity index (χ0) is 14.4. The van der Waals surface area contributed by atoms with Gasteiger partial charge in [-0.05, 0) is 43.2 Å². The minimum Gasteiger partial charge on any atom is -0.486 e. The summed E-state index contributed by atoms with van der Waals surface area (Å²) in [6.07, 6.45) is 2.06. The smallest absolute Gasteiger partial charge is 0.274 e. The van der Waals surface area contributed by atoms with Crippen LogP contribution in [0.1, 0.15) is 18.9 Å². The maximum absolute atomic E-state index is 12.3. The number of hydrogen-bond donors (Lipinski definition) is 1. The van der Waals surface area contributed by atoms with Crippen LogP contribution >= 0.6 is 0 Å². The summed E-state index contributed by atoms with van der Waals surface area (Å²) < 4.78 is 13.0. The normalized spacial score (nSPS) is 16.8. The Morgan fingerprint density at radius 3 is 2.57 bits per heavy atom. The Bertz CT molecular complexity index is 763. The van der Waals surface area contributed by atoms with Crippen LogP contribution in [0.2, 0.25) is 0 Å². The summed E-state index contributed by atoms with van der Waals surface area (Å²) in [7, 11) is 0. The van der Waals surface area contributed by atoms with E-state index in [0.717, 1.165) is 35.6 Å². The molecule has 0 bridgehead atoms. The molecule has 108 valence electrons. The van der Waals surface area contributed by atoms with Gasteiger partial charge in [0, 0.05) is 11.6 Å². The fourth-order valence-corrected chi connectivity index (χ4v) is 2.70. The van der Waals surface area contributed by atoms with Gasteiger partial charge in [0.25, 0.3) is 5.56 Å². The molecule has 1 aromatic heterocycles. The lowest BCUT2D eigenvalue weighted by Crippen LogP contribution is -2.23. The number of nitrogen functional groups attached to an aromatic ring is 1. The summed E-state index contributed by atoms with van der Waals surface area (Å²) in [6.45, 7) is 1.12. The van der Waals surface area contributed by atoms with Crippen LogP contribution in [0.4, 0.5) is 5.69 Å². The van der Waals surface area contributed by atoms with Crippen molar-refractivity contribution in [3.8, 4) is 22.8 Å². The molecule has 2 heterocycles. The molecular weight excluding hydrogens is 268 g/mol. The predicted octanol–water partition coefficient (Wildman–Crippen LogP) is 2.20. The first-order chi connectivity index (χ1) is 10.2. The zero-order valence-corrected chi connectivity index (χ0v) is 11.5. The van der Waals surface area contributed by atoms with Gasteiger partial charge in [-0.25, -0.2) is 0 Å². The highest BCUT2D eigenvalue weighted by Crippen LogP contribution is 2.39. The molecule has 0 spiro atoms. The third-order valence-electron chi connectivity index (χ3n) is 3.90. The fraction of sp³-hybridized carbons (Fsp3) is 0.312. The molecule has 0 radical (unpaired) electrons. The van der Waals surface area contributed by atoms with E-state index in [9.17, 15) is 4.79 Å². The number of ether oxygens (including phenoxy) is 2. The molecule has 0 atom stereocenters. The lowest BCUT2D eigenvalue weighted by Gasteiger charge is -2.20. The Kier molecular flexibility index (Phi) is 2.67. The predicted molar refractivity (Wildman–Crippen MR) is 79.8 cm³/mol. The second kappa shape index (κ2) is 4.55. The Morgan fingerprint density at radius 1 is 1.05 bits per heavy atom. The average molecular weight is 284 g/mol. The van der Waals surface area contributed by atoms with Crippen molar-refractivity contribution in [3.63, 3.8) is 0 Å². The van der Waals surface area contributed by atoms with Gasteiger partial charge in [-0.1, -0.05) is 0 Å². The minimum atomic E-state index is -0.107. The molecule has 1 saturated carbocycles. The van der Waals surface area contributed by atoms with E-state index in [1.807, 2.05) is 24.3 Å². The van der Waals surface area contributed by atoms with Crippen molar-refractivity contribution in [3.05, 3.63) is 40.7 Å². The number of hydrogen-bond acceptors (Lipinski definition) is 4. The molecule has 0 saturated heterocycles. The third-order valence-corrected chi connectivity index (χ3v) is 3.90. The van der Waals surface area contributed by atoms with Crippen molar-refractivity contribution in [2.45, 2.75) is 18.9 Å². The number of benzene rings is 1. The summed E-state index contributed by atoms with van der Waals surface area (Å²) in [5, 5.41) is 0. The Balaban J connectivity index is 1.87. The average Bonchev–Trinajstić information content (AvgIpc) is 3.34. The molecule has 5 nitrogen and oxygen atoms in total. The van der Waals surface area contributed by atoms with Crippen LogP contribution in [0.5, 0.6) is 11.5 Å². The largest absolute Gasteiger partial charge is 0.486 e. The first kappa shape index (κ1) is 12.3. The molecule has 2 aromatic rings. The summed E-state index contributed by atoms with van der Waals surface area (Å²) in [6, 6.07) is 9.62. The molecule has 1 aromatic carbocycles. The fourth-order valence-electron chi connectivity index (χ4n) is 2.70. The van der Waals surface area contributed by atoms with Crippen molar-refractivity contribution < 1.29 is 9.47 Å². The van der Waals surface area contributed by atoms with Crippen LogP contribution < -0.4 is 20.8 Å². The quantitative estimate of drug-likeness (QED) is 0.918. The van der Waals surface area contributed by atoms with E-state index >= 15 is 0 Å². The van der Waals surface area contributed by atoms with E-state index in [1.54, 1.807) is 10.6 Å². The van der Waals surface area contributed by atoms with Gasteiger partial charge in [0.1, 0.15) is 13.2 Å². The minimum absolute atomic E-state index is 0.107. The van der Waals surface area contributed by atoms with E-state index in [-0.39, 0.29) is 11.6 Å². The maximum atomic E-state index is 12.3. The van der Waals surface area contributed by atoms with Crippen molar-refractivity contribution in [2.75, 3.05) is 18.9 Å². The van der Waals surface area contributed by atoms with Gasteiger partial charge < -0.3 is 19.8 Å². The summed E-state index contributed by atoms with van der Waals surface area (Å²) in [4.78, 5) is 12.3. The molecule has 2 aliphatic rings. The van der Waals surface area contributed by atoms with Gasteiger partial charge in [-0.15, -0.1) is 0 Å². The SMILES string of the molecule is Nc1ccc(-c2ccc3c(c2)OCCO3)n(C2CC2)c1=O. The molecule has 4 rings (SSSR count). The second-order valence-electron chi connectivity index (χ2n) is 5.44. The molecule has 1 aliphatic carbocycles. The van der Waals surface area contributed by atoms with Gasteiger partial charge in [0.05, 0.1) is 11.4 Å². The molecule has 2 N–H and O–H groups in total. The lowest BCUT2D eigenvalue weighted by molar-refractivity contribution is 0.171. The molecule has 1 fully saturated rings. The monoisotopic (exact) mass is 284 g/mol. The molecular formula is C16H16N2O3. The highest BCUT2D eigenvalue weighted by molar-refractivity contribution is 5.66. The Hall–Kier alpha value is -2.43. The van der Waals surface area contributed by atoms with Crippen LogP contribution in [0.25, 0.3) is 11.3 Å². The Labute approximate surface area is 121 Å². The summed E-state index contributed by atoms with van der Waals surface area (Å²) in [5.74, 6) is 1.48. The highest BCUT2D eigenvalue weighted by Gasteiger charge is 2.28. The van der Waals surface area contributed by atoms with Crippen molar-refractivity contribution >= 4 is 5.69 Å². The van der Waals surface area contributed by atoms with E-state index in [1.165, 1.54) is 0 Å². The molecule has 0 unspecified atom stereocenters. The van der Waals surface area contributed by atoms with E-state index in [4.69, 9.17) is 15.2 Å². The van der Waals surface area contributed by atoms with Gasteiger partial charge in [-0.2, -0.15) is 0 Å². The second-order valence-corrected chi connectivity index (χ2v) is 5.44. The van der Waals surface area contributed by atoms with Crippen LogP contribution in [0.3, 0.4) is 0 Å².